The zero-order valence-electron chi connectivity index (χ0n) is 11.6. The number of carbonyl (C=O) groups excluding carboxylic acids is 1. The molecule has 20 heavy (non-hydrogen) atoms. The Kier molecular flexibility index (Phi) is 4.81. The van der Waals surface area contributed by atoms with Crippen LogP contribution in [0.25, 0.3) is 0 Å². The average molecular weight is 289 g/mol. The summed E-state index contributed by atoms with van der Waals surface area (Å²) in [6.07, 6.45) is -5.54. The quantitative estimate of drug-likeness (QED) is 0.894. The molecule has 1 amide bonds. The molecule has 0 saturated carbocycles. The van der Waals surface area contributed by atoms with Crippen molar-refractivity contribution in [3.63, 3.8) is 0 Å². The summed E-state index contributed by atoms with van der Waals surface area (Å²) in [4.78, 5) is 11.3. The fourth-order valence-electron chi connectivity index (χ4n) is 1.67. The highest BCUT2D eigenvalue weighted by atomic mass is 19.4. The van der Waals surface area contributed by atoms with Crippen LogP contribution in [0.3, 0.4) is 0 Å². The van der Waals surface area contributed by atoms with Gasteiger partial charge in [-0.3, -0.25) is 4.79 Å². The Morgan fingerprint density at radius 2 is 1.85 bits per heavy atom. The fraction of sp³-hybridized carbons (Fsp3) is 0.500. The normalized spacial score (nSPS) is 13.9. The summed E-state index contributed by atoms with van der Waals surface area (Å²) in [7, 11) is 0. The molecule has 1 rings (SSSR count). The van der Waals surface area contributed by atoms with Crippen molar-refractivity contribution in [1.82, 2.24) is 5.32 Å². The van der Waals surface area contributed by atoms with Crippen molar-refractivity contribution in [2.75, 3.05) is 6.54 Å². The first kappa shape index (κ1) is 16.5. The minimum Gasteiger partial charge on any atom is -0.384 e. The molecule has 0 aromatic heterocycles. The van der Waals surface area contributed by atoms with E-state index in [4.69, 9.17) is 5.11 Å². The Hall–Kier alpha value is -1.56. The molecule has 0 aliphatic heterocycles. The van der Waals surface area contributed by atoms with Crippen LogP contribution in [-0.4, -0.2) is 23.7 Å². The second kappa shape index (κ2) is 5.83. The second-order valence-corrected chi connectivity index (χ2v) is 5.36. The van der Waals surface area contributed by atoms with Crippen molar-refractivity contribution in [1.29, 1.82) is 0 Å². The number of amides is 1. The standard InChI is InChI=1S/C14H18F3NO2/c1-9(19)12(20)18-8-13(2,3)10-5-4-6-11(7-10)14(15,16)17/h4-7,9,19H,8H2,1-3H3,(H,18,20). The van der Waals surface area contributed by atoms with Crippen molar-refractivity contribution in [3.05, 3.63) is 35.4 Å². The van der Waals surface area contributed by atoms with Gasteiger partial charge in [0.1, 0.15) is 6.10 Å². The largest absolute Gasteiger partial charge is 0.416 e. The van der Waals surface area contributed by atoms with Crippen molar-refractivity contribution in [2.45, 2.75) is 38.5 Å². The van der Waals surface area contributed by atoms with E-state index in [0.717, 1.165) is 12.1 Å². The lowest BCUT2D eigenvalue weighted by Gasteiger charge is -2.26. The lowest BCUT2D eigenvalue weighted by atomic mass is 9.83. The Bertz CT molecular complexity index is 482. The molecule has 0 aliphatic carbocycles. The number of nitrogens with one attached hydrogen (secondary N) is 1. The first-order chi connectivity index (χ1) is 9.04. The number of aliphatic hydroxyl groups excluding tert-OH is 1. The fourth-order valence-corrected chi connectivity index (χ4v) is 1.67. The third-order valence-electron chi connectivity index (χ3n) is 3.06. The molecule has 1 aromatic rings. The maximum Gasteiger partial charge on any atom is 0.416 e. The highest BCUT2D eigenvalue weighted by molar-refractivity contribution is 5.80. The van der Waals surface area contributed by atoms with Crippen LogP contribution in [0.2, 0.25) is 0 Å². The number of halogens is 3. The van der Waals surface area contributed by atoms with Gasteiger partial charge in [0.2, 0.25) is 5.91 Å². The summed E-state index contributed by atoms with van der Waals surface area (Å²) >= 11 is 0. The summed E-state index contributed by atoms with van der Waals surface area (Å²) in [6.45, 7) is 4.92. The summed E-state index contributed by atoms with van der Waals surface area (Å²) in [6, 6.07) is 5.02. The molecule has 1 aromatic carbocycles. The summed E-state index contributed by atoms with van der Waals surface area (Å²) < 4.78 is 38.0. The van der Waals surface area contributed by atoms with Crippen LogP contribution in [0, 0.1) is 0 Å². The maximum absolute atomic E-state index is 12.7. The molecule has 0 saturated heterocycles. The molecule has 0 radical (unpaired) electrons. The summed E-state index contributed by atoms with van der Waals surface area (Å²) in [5.74, 6) is -0.551. The smallest absolute Gasteiger partial charge is 0.384 e. The molecule has 0 fully saturated rings. The van der Waals surface area contributed by atoms with Crippen molar-refractivity contribution in [2.24, 2.45) is 0 Å². The molecule has 0 heterocycles. The minimum absolute atomic E-state index is 0.137. The second-order valence-electron chi connectivity index (χ2n) is 5.36. The molecule has 0 aliphatic rings. The van der Waals surface area contributed by atoms with E-state index < -0.39 is 29.2 Å². The van der Waals surface area contributed by atoms with E-state index in [1.165, 1.54) is 13.0 Å². The number of hydrogen-bond donors (Lipinski definition) is 2. The number of benzene rings is 1. The van der Waals surface area contributed by atoms with Crippen molar-refractivity contribution in [3.8, 4) is 0 Å². The van der Waals surface area contributed by atoms with Gasteiger partial charge in [-0.15, -0.1) is 0 Å². The van der Waals surface area contributed by atoms with Crippen LogP contribution in [-0.2, 0) is 16.4 Å². The highest BCUT2D eigenvalue weighted by Crippen LogP contribution is 2.32. The molecule has 3 nitrogen and oxygen atoms in total. The van der Waals surface area contributed by atoms with Gasteiger partial charge in [-0.05, 0) is 18.6 Å². The van der Waals surface area contributed by atoms with E-state index in [0.29, 0.717) is 5.56 Å². The topological polar surface area (TPSA) is 49.3 Å². The monoisotopic (exact) mass is 289 g/mol. The molecule has 0 bridgehead atoms. The first-order valence-electron chi connectivity index (χ1n) is 6.17. The molecule has 6 heteroatoms. The van der Waals surface area contributed by atoms with Gasteiger partial charge < -0.3 is 10.4 Å². The third-order valence-corrected chi connectivity index (χ3v) is 3.06. The number of aliphatic hydroxyl groups is 1. The Labute approximate surface area is 115 Å². The van der Waals surface area contributed by atoms with E-state index in [9.17, 15) is 18.0 Å². The molecule has 0 spiro atoms. The highest BCUT2D eigenvalue weighted by Gasteiger charge is 2.32. The lowest BCUT2D eigenvalue weighted by Crippen LogP contribution is -2.40. The number of hydrogen-bond acceptors (Lipinski definition) is 2. The Morgan fingerprint density at radius 3 is 2.35 bits per heavy atom. The van der Waals surface area contributed by atoms with Gasteiger partial charge in [0.05, 0.1) is 5.56 Å². The van der Waals surface area contributed by atoms with Gasteiger partial charge in [-0.1, -0.05) is 32.0 Å². The van der Waals surface area contributed by atoms with Gasteiger partial charge in [0.15, 0.2) is 0 Å². The molecule has 1 atom stereocenters. The minimum atomic E-state index is -4.39. The van der Waals surface area contributed by atoms with E-state index in [-0.39, 0.29) is 6.54 Å². The molecule has 2 N–H and O–H groups in total. The maximum atomic E-state index is 12.7. The van der Waals surface area contributed by atoms with Gasteiger partial charge in [-0.2, -0.15) is 13.2 Å². The van der Waals surface area contributed by atoms with Gasteiger partial charge >= 0.3 is 6.18 Å². The van der Waals surface area contributed by atoms with Crippen LogP contribution in [0.15, 0.2) is 24.3 Å². The number of carbonyl (C=O) groups is 1. The zero-order valence-corrected chi connectivity index (χ0v) is 11.6. The number of alkyl halides is 3. The van der Waals surface area contributed by atoms with E-state index >= 15 is 0 Å². The van der Waals surface area contributed by atoms with E-state index in [1.807, 2.05) is 0 Å². The van der Waals surface area contributed by atoms with Gasteiger partial charge in [-0.25, -0.2) is 0 Å². The van der Waals surface area contributed by atoms with Crippen LogP contribution in [0.4, 0.5) is 13.2 Å². The Balaban J connectivity index is 2.90. The summed E-state index contributed by atoms with van der Waals surface area (Å²) in [5, 5.41) is 11.6. The predicted molar refractivity (Wildman–Crippen MR) is 69.2 cm³/mol. The average Bonchev–Trinajstić information content (AvgIpc) is 2.35. The predicted octanol–water partition coefficient (Wildman–Crippen LogP) is 2.48. The Morgan fingerprint density at radius 1 is 1.30 bits per heavy atom. The van der Waals surface area contributed by atoms with Crippen molar-refractivity contribution >= 4 is 5.91 Å². The molecule has 1 unspecified atom stereocenters. The van der Waals surface area contributed by atoms with Crippen LogP contribution >= 0.6 is 0 Å². The van der Waals surface area contributed by atoms with E-state index in [1.54, 1.807) is 19.9 Å². The lowest BCUT2D eigenvalue weighted by molar-refractivity contribution is -0.137. The number of rotatable bonds is 4. The van der Waals surface area contributed by atoms with E-state index in [2.05, 4.69) is 5.32 Å². The summed E-state index contributed by atoms with van der Waals surface area (Å²) in [5.41, 5.74) is -0.922. The SMILES string of the molecule is CC(O)C(=O)NCC(C)(C)c1cccc(C(F)(F)F)c1. The zero-order chi connectivity index (χ0) is 15.6. The van der Waals surface area contributed by atoms with Crippen LogP contribution in [0.5, 0.6) is 0 Å². The molecule has 112 valence electrons. The molecular weight excluding hydrogens is 271 g/mol. The third kappa shape index (κ3) is 4.23. The van der Waals surface area contributed by atoms with Gasteiger partial charge in [0.25, 0.3) is 0 Å². The first-order valence-corrected chi connectivity index (χ1v) is 6.17. The van der Waals surface area contributed by atoms with Crippen LogP contribution in [0.1, 0.15) is 31.9 Å². The van der Waals surface area contributed by atoms with Crippen molar-refractivity contribution < 1.29 is 23.1 Å². The molecular formula is C14H18F3NO2. The van der Waals surface area contributed by atoms with Crippen LogP contribution < -0.4 is 5.32 Å². The van der Waals surface area contributed by atoms with Gasteiger partial charge in [0, 0.05) is 12.0 Å².